The van der Waals surface area contributed by atoms with E-state index < -0.39 is 5.97 Å². The summed E-state index contributed by atoms with van der Waals surface area (Å²) in [6.07, 6.45) is 2.01. The topological polar surface area (TPSA) is 146 Å². The quantitative estimate of drug-likeness (QED) is 0.504. The number of aromatic nitrogens is 2. The van der Waals surface area contributed by atoms with Gasteiger partial charge in [0.25, 0.3) is 6.02 Å². The van der Waals surface area contributed by atoms with Crippen LogP contribution in [0.4, 0.5) is 5.69 Å². The van der Waals surface area contributed by atoms with Gasteiger partial charge in [0.2, 0.25) is 11.2 Å². The van der Waals surface area contributed by atoms with Crippen molar-refractivity contribution in [2.75, 3.05) is 12.8 Å². The number of methoxy groups -OCH3 is 1. The van der Waals surface area contributed by atoms with Crippen LogP contribution >= 0.6 is 11.6 Å². The third kappa shape index (κ3) is 6.27. The minimum absolute atomic E-state index is 0.0915. The number of ether oxygens (including phenoxy) is 2. The van der Waals surface area contributed by atoms with Crippen molar-refractivity contribution in [3.05, 3.63) is 46.9 Å². The molecular formula is C18H22ClN5O4. The van der Waals surface area contributed by atoms with Crippen molar-refractivity contribution in [2.45, 2.75) is 31.9 Å². The Morgan fingerprint density at radius 3 is 2.50 bits per heavy atom. The number of hydrogen-bond donors (Lipinski definition) is 3. The number of carboxylic acids is 1. The Morgan fingerprint density at radius 1 is 1.29 bits per heavy atom. The molecule has 0 fully saturated rings. The van der Waals surface area contributed by atoms with E-state index >= 15 is 0 Å². The minimum atomic E-state index is -1.17. The van der Waals surface area contributed by atoms with E-state index in [0.717, 1.165) is 18.5 Å². The van der Waals surface area contributed by atoms with Gasteiger partial charge in [-0.25, -0.2) is 14.8 Å². The van der Waals surface area contributed by atoms with Crippen LogP contribution in [0.2, 0.25) is 5.28 Å². The summed E-state index contributed by atoms with van der Waals surface area (Å²) in [5.74, 6) is -1.04. The van der Waals surface area contributed by atoms with Crippen LogP contribution in [0.3, 0.4) is 0 Å². The number of aliphatic imine (C=N–C) groups is 1. The molecule has 0 saturated heterocycles. The summed E-state index contributed by atoms with van der Waals surface area (Å²) in [6.45, 7) is 2.00. The molecule has 0 aliphatic carbocycles. The van der Waals surface area contributed by atoms with E-state index in [1.54, 1.807) is 0 Å². The van der Waals surface area contributed by atoms with Crippen LogP contribution in [0, 0.1) is 0 Å². The monoisotopic (exact) mass is 407 g/mol. The van der Waals surface area contributed by atoms with Crippen LogP contribution in [0.15, 0.2) is 35.3 Å². The Labute approximate surface area is 167 Å². The van der Waals surface area contributed by atoms with E-state index in [1.165, 1.54) is 18.7 Å². The molecular weight excluding hydrogens is 386 g/mol. The van der Waals surface area contributed by atoms with E-state index in [-0.39, 0.29) is 29.0 Å². The van der Waals surface area contributed by atoms with Crippen molar-refractivity contribution in [2.24, 2.45) is 10.7 Å². The second-order valence-corrected chi connectivity index (χ2v) is 6.35. The van der Waals surface area contributed by atoms with Gasteiger partial charge in [0.1, 0.15) is 6.10 Å². The summed E-state index contributed by atoms with van der Waals surface area (Å²) in [5.41, 5.74) is 13.0. The summed E-state index contributed by atoms with van der Waals surface area (Å²) in [6, 6.07) is 9.61. The third-order valence-corrected chi connectivity index (χ3v) is 4.12. The summed E-state index contributed by atoms with van der Waals surface area (Å²) in [4.78, 5) is 21.7. The summed E-state index contributed by atoms with van der Waals surface area (Å²) in [5, 5.41) is 8.38. The van der Waals surface area contributed by atoms with Crippen molar-refractivity contribution in [1.82, 2.24) is 9.97 Å². The number of nitrogens with zero attached hydrogens (tertiary/aromatic N) is 3. The predicted octanol–water partition coefficient (Wildman–Crippen LogP) is 2.14. The third-order valence-electron chi connectivity index (χ3n) is 3.95. The lowest BCUT2D eigenvalue weighted by atomic mass is 10.0. The first-order valence-electron chi connectivity index (χ1n) is 8.44. The van der Waals surface area contributed by atoms with Crippen LogP contribution < -0.4 is 16.2 Å². The predicted molar refractivity (Wildman–Crippen MR) is 106 cm³/mol. The molecule has 1 aliphatic heterocycles. The molecule has 1 aliphatic rings. The zero-order valence-corrected chi connectivity index (χ0v) is 16.3. The molecule has 0 saturated carbocycles. The fraction of sp³-hybridized carbons (Fsp3) is 0.333. The van der Waals surface area contributed by atoms with Crippen LogP contribution in [0.25, 0.3) is 0 Å². The molecule has 3 rings (SSSR count). The van der Waals surface area contributed by atoms with Gasteiger partial charge in [-0.05, 0) is 49.1 Å². The van der Waals surface area contributed by atoms with Crippen molar-refractivity contribution in [1.29, 1.82) is 0 Å². The largest absolute Gasteiger partial charge is 0.481 e. The second-order valence-electron chi connectivity index (χ2n) is 6.01. The normalized spacial score (nSPS) is 17.8. The molecule has 28 heavy (non-hydrogen) atoms. The summed E-state index contributed by atoms with van der Waals surface area (Å²) >= 11 is 5.41. The number of hydrogen-bond acceptors (Lipinski definition) is 8. The highest BCUT2D eigenvalue weighted by molar-refractivity contribution is 6.28. The molecule has 0 amide bonds. The number of aromatic carboxylic acids is 1. The SMILES string of the molecule is COc1cc(C(=O)O)nc(Cl)n1.C[C@@H]1OC(N)=N[C@H]1CCc1ccc(N)cc1. The standard InChI is InChI=1S/C12H17N3O.C6H5ClN2O3/c1-8-11(15-12(14)16-8)7-4-9-2-5-10(13)6-3-9;1-12-4-2-3(5(10)11)8-6(7)9-4/h2-3,5-6,8,11H,4,7,13H2,1H3,(H2,14,15);2H,1H3,(H,10,11)/t8-,11-;/m0./s1. The maximum absolute atomic E-state index is 10.4. The smallest absolute Gasteiger partial charge is 0.354 e. The first-order chi connectivity index (χ1) is 13.3. The van der Waals surface area contributed by atoms with Crippen molar-refractivity contribution >= 4 is 29.3 Å². The first-order valence-corrected chi connectivity index (χ1v) is 8.82. The highest BCUT2D eigenvalue weighted by Gasteiger charge is 2.24. The molecule has 0 unspecified atom stereocenters. The lowest BCUT2D eigenvalue weighted by molar-refractivity contribution is 0.0689. The van der Waals surface area contributed by atoms with Gasteiger partial charge in [-0.1, -0.05) is 12.1 Å². The van der Waals surface area contributed by atoms with Crippen LogP contribution in [0.5, 0.6) is 5.88 Å². The Bertz CT molecular complexity index is 844. The number of amidine groups is 1. The maximum Gasteiger partial charge on any atom is 0.354 e. The number of anilines is 1. The molecule has 0 spiro atoms. The van der Waals surface area contributed by atoms with E-state index in [2.05, 4.69) is 19.7 Å². The number of aryl methyl sites for hydroxylation is 1. The minimum Gasteiger partial charge on any atom is -0.481 e. The van der Waals surface area contributed by atoms with Gasteiger partial charge in [-0.15, -0.1) is 0 Å². The second kappa shape index (κ2) is 9.75. The van der Waals surface area contributed by atoms with Crippen LogP contribution in [-0.4, -0.2) is 46.3 Å². The van der Waals surface area contributed by atoms with Crippen LogP contribution in [0.1, 0.15) is 29.4 Å². The molecule has 10 heteroatoms. The van der Waals surface area contributed by atoms with Gasteiger partial charge in [0.15, 0.2) is 5.69 Å². The molecule has 0 bridgehead atoms. The van der Waals surface area contributed by atoms with Gasteiger partial charge in [0.05, 0.1) is 13.2 Å². The molecule has 0 radical (unpaired) electrons. The molecule has 2 atom stereocenters. The van der Waals surface area contributed by atoms with Crippen LogP contribution in [-0.2, 0) is 11.2 Å². The number of benzene rings is 1. The lowest BCUT2D eigenvalue weighted by Gasteiger charge is -2.11. The van der Waals surface area contributed by atoms with Gasteiger partial charge in [0, 0.05) is 11.8 Å². The molecule has 1 aromatic carbocycles. The fourth-order valence-electron chi connectivity index (χ4n) is 2.48. The molecule has 1 aromatic heterocycles. The molecule has 2 heterocycles. The zero-order valence-electron chi connectivity index (χ0n) is 15.5. The van der Waals surface area contributed by atoms with E-state index in [4.69, 9.17) is 32.9 Å². The lowest BCUT2D eigenvalue weighted by Crippen LogP contribution is -2.20. The summed E-state index contributed by atoms with van der Waals surface area (Å²) in [7, 11) is 1.37. The molecule has 9 nitrogen and oxygen atoms in total. The maximum atomic E-state index is 10.4. The number of carboxylic acid groups (broad SMARTS) is 1. The Balaban J connectivity index is 0.000000209. The van der Waals surface area contributed by atoms with Crippen molar-refractivity contribution in [3.8, 4) is 5.88 Å². The van der Waals surface area contributed by atoms with Gasteiger partial charge < -0.3 is 26.0 Å². The van der Waals surface area contributed by atoms with Gasteiger partial charge in [-0.3, -0.25) is 0 Å². The average molecular weight is 408 g/mol. The number of halogens is 1. The summed E-state index contributed by atoms with van der Waals surface area (Å²) < 4.78 is 9.98. The molecule has 5 N–H and O–H groups in total. The number of rotatable bonds is 5. The number of carbonyl (C=O) groups is 1. The average Bonchev–Trinajstić information content (AvgIpc) is 2.98. The highest BCUT2D eigenvalue weighted by atomic mass is 35.5. The van der Waals surface area contributed by atoms with Gasteiger partial charge in [-0.2, -0.15) is 4.98 Å². The van der Waals surface area contributed by atoms with Crippen molar-refractivity contribution < 1.29 is 19.4 Å². The zero-order chi connectivity index (χ0) is 20.7. The number of nitrogen functional groups attached to an aromatic ring is 1. The van der Waals surface area contributed by atoms with E-state index in [1.807, 2.05) is 31.2 Å². The van der Waals surface area contributed by atoms with Crippen molar-refractivity contribution in [3.63, 3.8) is 0 Å². The Morgan fingerprint density at radius 2 is 1.96 bits per heavy atom. The Kier molecular flexibility index (Phi) is 7.39. The van der Waals surface area contributed by atoms with E-state index in [9.17, 15) is 4.79 Å². The number of nitrogens with two attached hydrogens (primary N) is 2. The fourth-order valence-corrected chi connectivity index (χ4v) is 2.65. The highest BCUT2D eigenvalue weighted by Crippen LogP contribution is 2.18. The first kappa shape index (κ1) is 21.2. The molecule has 2 aromatic rings. The Hall–Kier alpha value is -3.07. The molecule has 150 valence electrons. The van der Waals surface area contributed by atoms with Gasteiger partial charge >= 0.3 is 5.97 Å². The van der Waals surface area contributed by atoms with E-state index in [0.29, 0.717) is 6.02 Å².